The van der Waals surface area contributed by atoms with Gasteiger partial charge in [0.25, 0.3) is 11.8 Å². The largest absolute Gasteiger partial charge is 0.444 e. The normalized spacial score (nSPS) is 14.5. The number of nitrogens with zero attached hydrogens (tertiary/aromatic N) is 3. The van der Waals surface area contributed by atoms with Crippen molar-refractivity contribution < 1.29 is 18.4 Å². The molecule has 0 saturated carbocycles. The molecule has 0 aliphatic carbocycles. The van der Waals surface area contributed by atoms with E-state index in [0.29, 0.717) is 43.9 Å². The van der Waals surface area contributed by atoms with Gasteiger partial charge in [0.15, 0.2) is 12.2 Å². The first-order valence-corrected chi connectivity index (χ1v) is 9.45. The monoisotopic (exact) mass is 393 g/mol. The van der Waals surface area contributed by atoms with E-state index in [1.54, 1.807) is 40.3 Å². The van der Waals surface area contributed by atoms with Gasteiger partial charge in [-0.1, -0.05) is 24.3 Å². The number of benzene rings is 2. The lowest BCUT2D eigenvalue weighted by Gasteiger charge is -2.22. The van der Waals surface area contributed by atoms with Crippen LogP contribution in [0.15, 0.2) is 65.5 Å². The molecule has 148 valence electrons. The highest BCUT2D eigenvalue weighted by Gasteiger charge is 2.24. The summed E-state index contributed by atoms with van der Waals surface area (Å²) in [6, 6.07) is 13.1. The first kappa shape index (κ1) is 18.9. The van der Waals surface area contributed by atoms with Gasteiger partial charge in [-0.3, -0.25) is 9.59 Å². The molecule has 4 rings (SSSR count). The fraction of sp³-hybridized carbons (Fsp3) is 0.227. The number of halogens is 1. The smallest absolute Gasteiger partial charge is 0.256 e. The van der Waals surface area contributed by atoms with E-state index >= 15 is 0 Å². The number of carbonyl (C=O) groups is 2. The van der Waals surface area contributed by atoms with Crippen LogP contribution in [0.5, 0.6) is 0 Å². The summed E-state index contributed by atoms with van der Waals surface area (Å²) in [5, 5.41) is 0. The minimum atomic E-state index is -0.526. The lowest BCUT2D eigenvalue weighted by molar-refractivity contribution is 0.0716. The second-order valence-corrected chi connectivity index (χ2v) is 6.86. The molecule has 0 bridgehead atoms. The Balaban J connectivity index is 1.42. The van der Waals surface area contributed by atoms with Crippen LogP contribution in [0.4, 0.5) is 4.39 Å². The molecule has 7 heteroatoms. The molecular formula is C22H20FN3O3. The zero-order valence-electron chi connectivity index (χ0n) is 15.8. The molecule has 0 radical (unpaired) electrons. The molecule has 2 amide bonds. The van der Waals surface area contributed by atoms with Crippen molar-refractivity contribution in [3.8, 4) is 11.3 Å². The SMILES string of the molecule is O=C(c1ccc(-c2cnco2)cc1)N1CCCN(C(=O)c2ccccc2F)CC1. The van der Waals surface area contributed by atoms with Crippen LogP contribution < -0.4 is 0 Å². The Morgan fingerprint density at radius 2 is 1.59 bits per heavy atom. The average molecular weight is 393 g/mol. The van der Waals surface area contributed by atoms with E-state index in [9.17, 15) is 14.0 Å². The molecule has 1 aliphatic heterocycles. The van der Waals surface area contributed by atoms with Crippen molar-refractivity contribution in [2.45, 2.75) is 6.42 Å². The first-order chi connectivity index (χ1) is 14.1. The summed E-state index contributed by atoms with van der Waals surface area (Å²) in [5.41, 5.74) is 1.48. The Bertz CT molecular complexity index is 1000. The zero-order valence-corrected chi connectivity index (χ0v) is 15.8. The molecule has 2 heterocycles. The summed E-state index contributed by atoms with van der Waals surface area (Å²) in [6.45, 7) is 1.81. The van der Waals surface area contributed by atoms with Gasteiger partial charge in [0.05, 0.1) is 11.8 Å². The molecule has 1 aliphatic rings. The van der Waals surface area contributed by atoms with Crippen LogP contribution in [-0.2, 0) is 0 Å². The van der Waals surface area contributed by atoms with E-state index in [-0.39, 0.29) is 17.4 Å². The van der Waals surface area contributed by atoms with Crippen LogP contribution in [0.25, 0.3) is 11.3 Å². The van der Waals surface area contributed by atoms with Gasteiger partial charge in [-0.25, -0.2) is 9.37 Å². The lowest BCUT2D eigenvalue weighted by Crippen LogP contribution is -2.37. The van der Waals surface area contributed by atoms with Crippen molar-refractivity contribution in [2.24, 2.45) is 0 Å². The molecule has 0 spiro atoms. The molecule has 1 fully saturated rings. The van der Waals surface area contributed by atoms with Gasteiger partial charge in [-0.15, -0.1) is 0 Å². The Hall–Kier alpha value is -3.48. The van der Waals surface area contributed by atoms with Crippen molar-refractivity contribution in [1.29, 1.82) is 0 Å². The van der Waals surface area contributed by atoms with Gasteiger partial charge in [0, 0.05) is 37.3 Å². The topological polar surface area (TPSA) is 66.7 Å². The maximum Gasteiger partial charge on any atom is 0.256 e. The van der Waals surface area contributed by atoms with Crippen LogP contribution in [0.1, 0.15) is 27.1 Å². The van der Waals surface area contributed by atoms with Gasteiger partial charge in [0.2, 0.25) is 0 Å². The third-order valence-electron chi connectivity index (χ3n) is 5.02. The summed E-state index contributed by atoms with van der Waals surface area (Å²) < 4.78 is 19.2. The molecule has 29 heavy (non-hydrogen) atoms. The maximum atomic E-state index is 13.9. The summed E-state index contributed by atoms with van der Waals surface area (Å²) in [4.78, 5) is 32.8. The Morgan fingerprint density at radius 3 is 2.24 bits per heavy atom. The first-order valence-electron chi connectivity index (χ1n) is 9.45. The number of hydrogen-bond acceptors (Lipinski definition) is 4. The number of carbonyl (C=O) groups excluding carboxylic acids is 2. The summed E-state index contributed by atoms with van der Waals surface area (Å²) in [6.07, 6.45) is 3.62. The second-order valence-electron chi connectivity index (χ2n) is 6.86. The molecule has 6 nitrogen and oxygen atoms in total. The highest BCUT2D eigenvalue weighted by Crippen LogP contribution is 2.20. The molecule has 0 N–H and O–H groups in total. The van der Waals surface area contributed by atoms with Crippen molar-refractivity contribution >= 4 is 11.8 Å². The van der Waals surface area contributed by atoms with Crippen molar-refractivity contribution in [1.82, 2.24) is 14.8 Å². The Morgan fingerprint density at radius 1 is 0.897 bits per heavy atom. The lowest BCUT2D eigenvalue weighted by atomic mass is 10.1. The molecule has 0 atom stereocenters. The van der Waals surface area contributed by atoms with E-state index in [1.807, 2.05) is 12.1 Å². The van der Waals surface area contributed by atoms with Gasteiger partial charge in [-0.05, 0) is 30.7 Å². The molecule has 2 aromatic carbocycles. The number of oxazole rings is 1. The minimum absolute atomic E-state index is 0.0651. The minimum Gasteiger partial charge on any atom is -0.444 e. The third kappa shape index (κ3) is 4.03. The van der Waals surface area contributed by atoms with Gasteiger partial charge < -0.3 is 14.2 Å². The van der Waals surface area contributed by atoms with E-state index in [2.05, 4.69) is 4.98 Å². The number of amides is 2. The van der Waals surface area contributed by atoms with E-state index in [0.717, 1.165) is 5.56 Å². The molecule has 3 aromatic rings. The molecule has 0 unspecified atom stereocenters. The quantitative estimate of drug-likeness (QED) is 0.683. The molecule has 1 aromatic heterocycles. The van der Waals surface area contributed by atoms with Gasteiger partial charge >= 0.3 is 0 Å². The number of aromatic nitrogens is 1. The fourth-order valence-corrected chi connectivity index (χ4v) is 3.45. The highest BCUT2D eigenvalue weighted by molar-refractivity contribution is 5.96. The van der Waals surface area contributed by atoms with E-state index in [4.69, 9.17) is 4.42 Å². The summed E-state index contributed by atoms with van der Waals surface area (Å²) in [7, 11) is 0. The van der Waals surface area contributed by atoms with Crippen LogP contribution in [0, 0.1) is 5.82 Å². The molecular weight excluding hydrogens is 373 g/mol. The summed E-state index contributed by atoms with van der Waals surface area (Å²) >= 11 is 0. The van der Waals surface area contributed by atoms with Crippen molar-refractivity contribution in [2.75, 3.05) is 26.2 Å². The van der Waals surface area contributed by atoms with Crippen LogP contribution >= 0.6 is 0 Å². The fourth-order valence-electron chi connectivity index (χ4n) is 3.45. The van der Waals surface area contributed by atoms with E-state index in [1.165, 1.54) is 18.5 Å². The molecule has 1 saturated heterocycles. The van der Waals surface area contributed by atoms with Crippen molar-refractivity contribution in [3.63, 3.8) is 0 Å². The van der Waals surface area contributed by atoms with E-state index < -0.39 is 5.82 Å². The highest BCUT2D eigenvalue weighted by atomic mass is 19.1. The standard InChI is InChI=1S/C22H20FN3O3/c23-19-5-2-1-4-18(19)22(28)26-11-3-10-25(12-13-26)21(27)17-8-6-16(7-9-17)20-14-24-15-29-20/h1-2,4-9,14-15H,3,10-13H2. The predicted molar refractivity (Wildman–Crippen MR) is 105 cm³/mol. The Kier molecular flexibility index (Phi) is 5.37. The number of hydrogen-bond donors (Lipinski definition) is 0. The maximum absolute atomic E-state index is 13.9. The summed E-state index contributed by atoms with van der Waals surface area (Å²) in [5.74, 6) is -0.314. The zero-order chi connectivity index (χ0) is 20.2. The third-order valence-corrected chi connectivity index (χ3v) is 5.02. The second kappa shape index (κ2) is 8.26. The van der Waals surface area contributed by atoms with Crippen LogP contribution in [-0.4, -0.2) is 52.8 Å². The number of rotatable bonds is 3. The van der Waals surface area contributed by atoms with Gasteiger partial charge in [-0.2, -0.15) is 0 Å². The predicted octanol–water partition coefficient (Wildman–Crippen LogP) is 3.47. The van der Waals surface area contributed by atoms with Gasteiger partial charge in [0.1, 0.15) is 5.82 Å². The Labute approximate surface area is 167 Å². The van der Waals surface area contributed by atoms with Crippen LogP contribution in [0.3, 0.4) is 0 Å². The van der Waals surface area contributed by atoms with Crippen molar-refractivity contribution in [3.05, 3.63) is 78.1 Å². The van der Waals surface area contributed by atoms with Crippen LogP contribution in [0.2, 0.25) is 0 Å². The average Bonchev–Trinajstić information content (AvgIpc) is 3.18.